The second-order valence-electron chi connectivity index (χ2n) is 7.98. The Labute approximate surface area is 158 Å². The molecule has 132 valence electrons. The maximum absolute atomic E-state index is 6.21. The SMILES string of the molecule is C[Si](C)(C)c1ccc2c(-c3cccc4c3oc3ccccc34)ncnc2c1. The average Bonchev–Trinajstić information content (AvgIpc) is 3.05. The summed E-state index contributed by atoms with van der Waals surface area (Å²) in [5.74, 6) is 0. The van der Waals surface area contributed by atoms with Gasteiger partial charge in [0.15, 0.2) is 0 Å². The third kappa shape index (κ3) is 2.56. The first-order valence-corrected chi connectivity index (χ1v) is 12.7. The first kappa shape index (κ1) is 16.2. The molecule has 2 heterocycles. The van der Waals surface area contributed by atoms with Crippen molar-refractivity contribution in [1.29, 1.82) is 0 Å². The Morgan fingerprint density at radius 2 is 1.59 bits per heavy atom. The van der Waals surface area contributed by atoms with E-state index in [1.54, 1.807) is 6.33 Å². The lowest BCUT2D eigenvalue weighted by atomic mass is 10.0. The van der Waals surface area contributed by atoms with Crippen molar-refractivity contribution < 1.29 is 4.42 Å². The second-order valence-corrected chi connectivity index (χ2v) is 13.1. The van der Waals surface area contributed by atoms with E-state index in [4.69, 9.17) is 4.42 Å². The van der Waals surface area contributed by atoms with Crippen LogP contribution in [0.2, 0.25) is 19.6 Å². The Kier molecular flexibility index (Phi) is 3.46. The molecule has 0 aliphatic carbocycles. The van der Waals surface area contributed by atoms with Gasteiger partial charge in [0.25, 0.3) is 0 Å². The Morgan fingerprint density at radius 3 is 2.44 bits per heavy atom. The molecule has 27 heavy (non-hydrogen) atoms. The summed E-state index contributed by atoms with van der Waals surface area (Å²) >= 11 is 0. The van der Waals surface area contributed by atoms with Gasteiger partial charge in [0.2, 0.25) is 0 Å². The minimum Gasteiger partial charge on any atom is -0.455 e. The summed E-state index contributed by atoms with van der Waals surface area (Å²) in [6, 6.07) is 21.1. The number of hydrogen-bond acceptors (Lipinski definition) is 3. The fourth-order valence-corrected chi connectivity index (χ4v) is 4.82. The van der Waals surface area contributed by atoms with E-state index in [2.05, 4.69) is 72.1 Å². The van der Waals surface area contributed by atoms with E-state index in [9.17, 15) is 0 Å². The van der Waals surface area contributed by atoms with Crippen LogP contribution in [-0.4, -0.2) is 18.0 Å². The van der Waals surface area contributed by atoms with E-state index in [0.29, 0.717) is 0 Å². The highest BCUT2D eigenvalue weighted by Crippen LogP contribution is 2.36. The average molecular weight is 369 g/mol. The van der Waals surface area contributed by atoms with Crippen molar-refractivity contribution in [2.75, 3.05) is 0 Å². The summed E-state index contributed by atoms with van der Waals surface area (Å²) in [7, 11) is -1.39. The van der Waals surface area contributed by atoms with Crippen molar-refractivity contribution in [3.05, 3.63) is 67.0 Å². The summed E-state index contributed by atoms with van der Waals surface area (Å²) in [6.07, 6.45) is 1.66. The molecule has 3 nitrogen and oxygen atoms in total. The maximum atomic E-state index is 6.21. The minimum absolute atomic E-state index is 0.882. The zero-order valence-electron chi connectivity index (χ0n) is 15.7. The number of hydrogen-bond donors (Lipinski definition) is 0. The van der Waals surface area contributed by atoms with Crippen molar-refractivity contribution in [2.45, 2.75) is 19.6 Å². The highest BCUT2D eigenvalue weighted by molar-refractivity contribution is 6.88. The first-order valence-electron chi connectivity index (χ1n) is 9.18. The van der Waals surface area contributed by atoms with E-state index in [-0.39, 0.29) is 0 Å². The molecule has 0 fully saturated rings. The molecule has 0 radical (unpaired) electrons. The maximum Gasteiger partial charge on any atom is 0.144 e. The number of rotatable bonds is 2. The van der Waals surface area contributed by atoms with Gasteiger partial charge in [-0.1, -0.05) is 67.3 Å². The fourth-order valence-electron chi connectivity index (χ4n) is 3.67. The van der Waals surface area contributed by atoms with Gasteiger partial charge < -0.3 is 4.42 Å². The van der Waals surface area contributed by atoms with Gasteiger partial charge in [-0.2, -0.15) is 0 Å². The van der Waals surface area contributed by atoms with Crippen LogP contribution < -0.4 is 5.19 Å². The van der Waals surface area contributed by atoms with Crippen LogP contribution in [0.5, 0.6) is 0 Å². The van der Waals surface area contributed by atoms with E-state index in [0.717, 1.165) is 44.1 Å². The van der Waals surface area contributed by atoms with E-state index >= 15 is 0 Å². The normalized spacial score (nSPS) is 12.3. The monoisotopic (exact) mass is 368 g/mol. The van der Waals surface area contributed by atoms with Gasteiger partial charge in [-0.3, -0.25) is 0 Å². The van der Waals surface area contributed by atoms with Gasteiger partial charge in [0.1, 0.15) is 17.5 Å². The van der Waals surface area contributed by atoms with E-state index in [1.807, 2.05) is 18.2 Å². The second kappa shape index (κ2) is 5.76. The molecule has 0 saturated heterocycles. The molecule has 0 bridgehead atoms. The van der Waals surface area contributed by atoms with Crippen LogP contribution in [0.25, 0.3) is 44.1 Å². The summed E-state index contributed by atoms with van der Waals surface area (Å²) < 4.78 is 6.21. The van der Waals surface area contributed by atoms with Crippen molar-refractivity contribution in [1.82, 2.24) is 9.97 Å². The predicted octanol–water partition coefficient (Wildman–Crippen LogP) is 5.74. The molecule has 0 atom stereocenters. The summed E-state index contributed by atoms with van der Waals surface area (Å²) in [4.78, 5) is 9.17. The molecular formula is C23H20N2OSi. The lowest BCUT2D eigenvalue weighted by Gasteiger charge is -2.17. The number of nitrogens with zero attached hydrogens (tertiary/aromatic N) is 2. The van der Waals surface area contributed by atoms with Crippen molar-refractivity contribution in [2.24, 2.45) is 0 Å². The van der Waals surface area contributed by atoms with Gasteiger partial charge in [-0.15, -0.1) is 0 Å². The van der Waals surface area contributed by atoms with Crippen molar-refractivity contribution in [3.8, 4) is 11.3 Å². The van der Waals surface area contributed by atoms with Crippen LogP contribution in [0, 0.1) is 0 Å². The van der Waals surface area contributed by atoms with Gasteiger partial charge in [0.05, 0.1) is 19.3 Å². The molecule has 0 unspecified atom stereocenters. The van der Waals surface area contributed by atoms with Gasteiger partial charge in [-0.25, -0.2) is 9.97 Å². The summed E-state index contributed by atoms with van der Waals surface area (Å²) in [5, 5.41) is 4.72. The zero-order chi connectivity index (χ0) is 18.6. The number of para-hydroxylation sites is 2. The first-order chi connectivity index (χ1) is 13.0. The van der Waals surface area contributed by atoms with Crippen LogP contribution in [0.15, 0.2) is 71.4 Å². The summed E-state index contributed by atoms with van der Waals surface area (Å²) in [5.41, 5.74) is 4.71. The van der Waals surface area contributed by atoms with Gasteiger partial charge in [0, 0.05) is 21.7 Å². The van der Waals surface area contributed by atoms with Crippen LogP contribution >= 0.6 is 0 Å². The Bertz CT molecular complexity index is 1310. The third-order valence-electron chi connectivity index (χ3n) is 5.16. The molecule has 5 aromatic rings. The molecule has 0 saturated carbocycles. The number of benzene rings is 3. The molecule has 2 aromatic heterocycles. The molecule has 0 aliphatic rings. The molecule has 0 amide bonds. The Hall–Kier alpha value is -2.98. The molecule has 4 heteroatoms. The Morgan fingerprint density at radius 1 is 0.778 bits per heavy atom. The molecule has 0 spiro atoms. The smallest absolute Gasteiger partial charge is 0.144 e. The van der Waals surface area contributed by atoms with Gasteiger partial charge >= 0.3 is 0 Å². The van der Waals surface area contributed by atoms with Crippen molar-refractivity contribution in [3.63, 3.8) is 0 Å². The zero-order valence-corrected chi connectivity index (χ0v) is 16.7. The minimum atomic E-state index is -1.39. The quantitative estimate of drug-likeness (QED) is 0.373. The standard InChI is InChI=1S/C23H20N2OSi/c1-27(2,3)15-11-12-18-20(13-15)24-14-25-22(18)19-9-6-8-17-16-7-4-5-10-21(16)26-23(17)19/h4-14H,1-3H3. The van der Waals surface area contributed by atoms with Crippen LogP contribution in [0.4, 0.5) is 0 Å². The lowest BCUT2D eigenvalue weighted by Crippen LogP contribution is -2.37. The van der Waals surface area contributed by atoms with Crippen molar-refractivity contribution >= 4 is 46.1 Å². The highest BCUT2D eigenvalue weighted by Gasteiger charge is 2.19. The summed E-state index contributed by atoms with van der Waals surface area (Å²) in [6.45, 7) is 7.06. The largest absolute Gasteiger partial charge is 0.455 e. The molecule has 0 N–H and O–H groups in total. The topological polar surface area (TPSA) is 38.9 Å². The third-order valence-corrected chi connectivity index (χ3v) is 7.20. The van der Waals surface area contributed by atoms with Crippen LogP contribution in [0.1, 0.15) is 0 Å². The van der Waals surface area contributed by atoms with Gasteiger partial charge in [-0.05, 0) is 18.2 Å². The van der Waals surface area contributed by atoms with E-state index in [1.165, 1.54) is 5.19 Å². The fraction of sp³-hybridized carbons (Fsp3) is 0.130. The number of furan rings is 1. The molecule has 5 rings (SSSR count). The number of aromatic nitrogens is 2. The molecular weight excluding hydrogens is 348 g/mol. The van der Waals surface area contributed by atoms with Crippen LogP contribution in [-0.2, 0) is 0 Å². The molecule has 3 aromatic carbocycles. The van der Waals surface area contributed by atoms with E-state index < -0.39 is 8.07 Å². The van der Waals surface area contributed by atoms with Crippen LogP contribution in [0.3, 0.4) is 0 Å². The predicted molar refractivity (Wildman–Crippen MR) is 115 cm³/mol. The Balaban J connectivity index is 1.81. The number of fused-ring (bicyclic) bond motifs is 4. The lowest BCUT2D eigenvalue weighted by molar-refractivity contribution is 0.670. The highest BCUT2D eigenvalue weighted by atomic mass is 28.3. The molecule has 0 aliphatic heterocycles.